The Morgan fingerprint density at radius 1 is 1.36 bits per heavy atom. The molecule has 1 heterocycles. The highest BCUT2D eigenvalue weighted by molar-refractivity contribution is 7.98. The molecule has 0 aliphatic carbocycles. The van der Waals surface area contributed by atoms with E-state index in [2.05, 4.69) is 16.3 Å². The quantitative estimate of drug-likeness (QED) is 0.277. The number of carbonyl (C=O) groups excluding carboxylic acids is 2. The van der Waals surface area contributed by atoms with Gasteiger partial charge in [-0.2, -0.15) is 0 Å². The second-order valence-corrected chi connectivity index (χ2v) is 8.07. The number of aryl methyl sites for hydroxylation is 1. The van der Waals surface area contributed by atoms with Crippen molar-refractivity contribution >= 4 is 43.4 Å². The fraction of sp³-hybridized carbons (Fsp3) is 0.562. The maximum absolute atomic E-state index is 12.4. The van der Waals surface area contributed by atoms with Crippen LogP contribution >= 0.6 is 19.3 Å². The highest BCUT2D eigenvalue weighted by Gasteiger charge is 2.26. The van der Waals surface area contributed by atoms with Gasteiger partial charge < -0.3 is 14.4 Å². The summed E-state index contributed by atoms with van der Waals surface area (Å²) < 4.78 is 9.89. The minimum absolute atomic E-state index is 0.194. The maximum Gasteiger partial charge on any atom is 0.343 e. The number of esters is 2. The summed E-state index contributed by atoms with van der Waals surface area (Å²) in [5.74, 6) is -0.296. The lowest BCUT2D eigenvalue weighted by Gasteiger charge is -2.23. The molecule has 1 unspecified atom stereocenters. The van der Waals surface area contributed by atoms with Crippen LogP contribution in [0.2, 0.25) is 0 Å². The van der Waals surface area contributed by atoms with E-state index in [1.807, 2.05) is 17.8 Å². The van der Waals surface area contributed by atoms with Crippen molar-refractivity contribution in [3.8, 4) is 0 Å². The zero-order valence-electron chi connectivity index (χ0n) is 15.4. The van der Waals surface area contributed by atoms with E-state index >= 15 is 0 Å². The number of hydrogen-bond donors (Lipinski definition) is 0. The molecule has 0 fully saturated rings. The number of rotatable bonds is 9. The highest BCUT2D eigenvalue weighted by atomic mass is 32.2. The van der Waals surface area contributed by atoms with Gasteiger partial charge in [-0.15, -0.1) is 0 Å². The smallest absolute Gasteiger partial charge is 0.343 e. The van der Waals surface area contributed by atoms with E-state index in [1.54, 1.807) is 13.8 Å². The van der Waals surface area contributed by atoms with Gasteiger partial charge in [0.05, 0.1) is 38.8 Å². The molecule has 0 aromatic carbocycles. The molecule has 1 aromatic heterocycles. The van der Waals surface area contributed by atoms with Crippen molar-refractivity contribution in [1.82, 2.24) is 9.97 Å². The molecule has 25 heavy (non-hydrogen) atoms. The van der Waals surface area contributed by atoms with Crippen LogP contribution in [0.15, 0.2) is 5.16 Å². The number of nitrogens with zero attached hydrogens (tertiary/aromatic N) is 3. The topological polar surface area (TPSA) is 81.6 Å². The largest absolute Gasteiger partial charge is 0.469 e. The maximum atomic E-state index is 12.4. The Hall–Kier alpha value is -1.66. The normalized spacial score (nSPS) is 11.0. The van der Waals surface area contributed by atoms with Gasteiger partial charge in [-0.3, -0.25) is 4.79 Å². The first-order valence-corrected chi connectivity index (χ1v) is 11.2. The first-order valence-electron chi connectivity index (χ1n) is 7.77. The second-order valence-electron chi connectivity index (χ2n) is 5.30. The van der Waals surface area contributed by atoms with Gasteiger partial charge in [0.25, 0.3) is 0 Å². The SMILES string of the molecule is C=[P+](C)CN(CCC(=O)OC)c1nc(SC)nc(C)c1C(=O)OCC. The third-order valence-electron chi connectivity index (χ3n) is 3.24. The van der Waals surface area contributed by atoms with Gasteiger partial charge in [0.2, 0.25) is 0 Å². The van der Waals surface area contributed by atoms with Gasteiger partial charge in [-0.05, 0) is 20.1 Å². The van der Waals surface area contributed by atoms with Crippen molar-refractivity contribution in [1.29, 1.82) is 0 Å². The third kappa shape index (κ3) is 6.29. The number of anilines is 1. The zero-order chi connectivity index (χ0) is 19.0. The van der Waals surface area contributed by atoms with Crippen LogP contribution in [0.4, 0.5) is 5.82 Å². The van der Waals surface area contributed by atoms with Gasteiger partial charge >= 0.3 is 11.9 Å². The third-order valence-corrected chi connectivity index (χ3v) is 4.61. The predicted octanol–water partition coefficient (Wildman–Crippen LogP) is 2.55. The first kappa shape index (κ1) is 21.4. The molecule has 0 aliphatic heterocycles. The number of aromatic nitrogens is 2. The van der Waals surface area contributed by atoms with Crippen molar-refractivity contribution < 1.29 is 19.1 Å². The summed E-state index contributed by atoms with van der Waals surface area (Å²) >= 11 is 1.39. The monoisotopic (exact) mass is 386 g/mol. The fourth-order valence-electron chi connectivity index (χ4n) is 2.16. The number of methoxy groups -OCH3 is 1. The lowest BCUT2D eigenvalue weighted by Crippen LogP contribution is -2.30. The average Bonchev–Trinajstić information content (AvgIpc) is 2.57. The minimum Gasteiger partial charge on any atom is -0.469 e. The molecule has 0 saturated carbocycles. The average molecular weight is 386 g/mol. The molecule has 1 atom stereocenters. The standard InChI is InChI=1S/C16H25N3O4PS/c1-7-23-15(21)13-11(2)17-16(25-6)18-14(13)19(10-24(4)5)9-8-12(20)22-3/h4,7-10H2,1-3,5-6H3/q+1. The predicted molar refractivity (Wildman–Crippen MR) is 103 cm³/mol. The Labute approximate surface area is 153 Å². The molecule has 0 spiro atoms. The van der Waals surface area contributed by atoms with E-state index in [9.17, 15) is 9.59 Å². The van der Waals surface area contributed by atoms with E-state index in [-0.39, 0.29) is 19.0 Å². The van der Waals surface area contributed by atoms with Gasteiger partial charge in [-0.25, -0.2) is 14.8 Å². The van der Waals surface area contributed by atoms with Crippen LogP contribution in [-0.4, -0.2) is 67.7 Å². The van der Waals surface area contributed by atoms with E-state index in [0.29, 0.717) is 35.1 Å². The highest BCUT2D eigenvalue weighted by Crippen LogP contribution is 2.28. The number of carbonyl (C=O) groups is 2. The summed E-state index contributed by atoms with van der Waals surface area (Å²) in [6.07, 6.45) is 6.73. The van der Waals surface area contributed by atoms with Crippen molar-refractivity contribution in [2.75, 3.05) is 44.4 Å². The molecule has 0 bridgehead atoms. The van der Waals surface area contributed by atoms with Crippen molar-refractivity contribution in [2.24, 2.45) is 0 Å². The minimum atomic E-state index is -0.557. The second kappa shape index (κ2) is 10.4. The van der Waals surface area contributed by atoms with Crippen LogP contribution in [0.3, 0.4) is 0 Å². The van der Waals surface area contributed by atoms with E-state index in [0.717, 1.165) is 0 Å². The summed E-state index contributed by atoms with van der Waals surface area (Å²) in [6, 6.07) is 0. The number of hydrogen-bond acceptors (Lipinski definition) is 8. The van der Waals surface area contributed by atoms with Crippen molar-refractivity contribution in [2.45, 2.75) is 25.4 Å². The van der Waals surface area contributed by atoms with Crippen molar-refractivity contribution in [3.05, 3.63) is 11.3 Å². The molecule has 0 radical (unpaired) electrons. The Kier molecular flexibility index (Phi) is 8.86. The van der Waals surface area contributed by atoms with Crippen LogP contribution in [0, 0.1) is 6.92 Å². The summed E-state index contributed by atoms with van der Waals surface area (Å²) in [5.41, 5.74) is 0.890. The summed E-state index contributed by atoms with van der Waals surface area (Å²) in [7, 11) is 0.796. The molecule has 9 heteroatoms. The molecular formula is C16H25N3O4PS+. The van der Waals surface area contributed by atoms with Crippen LogP contribution in [0.1, 0.15) is 29.4 Å². The molecule has 0 N–H and O–H groups in total. The van der Waals surface area contributed by atoms with Crippen LogP contribution < -0.4 is 4.90 Å². The zero-order valence-corrected chi connectivity index (χ0v) is 17.1. The van der Waals surface area contributed by atoms with E-state index in [4.69, 9.17) is 9.47 Å². The molecule has 0 saturated heterocycles. The van der Waals surface area contributed by atoms with E-state index < -0.39 is 13.5 Å². The fourth-order valence-corrected chi connectivity index (χ4v) is 3.42. The lowest BCUT2D eigenvalue weighted by atomic mass is 10.2. The molecule has 138 valence electrons. The number of ether oxygens (including phenoxy) is 2. The molecular weight excluding hydrogens is 361 g/mol. The molecule has 1 aromatic rings. The Morgan fingerprint density at radius 3 is 2.56 bits per heavy atom. The van der Waals surface area contributed by atoms with Crippen LogP contribution in [0.25, 0.3) is 0 Å². The van der Waals surface area contributed by atoms with Gasteiger partial charge in [0, 0.05) is 6.54 Å². The first-order chi connectivity index (χ1) is 11.8. The van der Waals surface area contributed by atoms with Gasteiger partial charge in [0.15, 0.2) is 17.3 Å². The molecule has 1 rings (SSSR count). The summed E-state index contributed by atoms with van der Waals surface area (Å²) in [5, 5.41) is 0.563. The lowest BCUT2D eigenvalue weighted by molar-refractivity contribution is -0.140. The van der Waals surface area contributed by atoms with Gasteiger partial charge in [0.1, 0.15) is 13.1 Å². The van der Waals surface area contributed by atoms with Gasteiger partial charge in [-0.1, -0.05) is 11.8 Å². The van der Waals surface area contributed by atoms with Crippen LogP contribution in [-0.2, 0) is 14.3 Å². The van der Waals surface area contributed by atoms with Crippen LogP contribution in [0.5, 0.6) is 0 Å². The molecule has 0 aliphatic rings. The van der Waals surface area contributed by atoms with Crippen molar-refractivity contribution in [3.63, 3.8) is 0 Å². The Morgan fingerprint density at radius 2 is 2.04 bits per heavy atom. The Balaban J connectivity index is 3.37. The molecule has 7 nitrogen and oxygen atoms in total. The molecule has 0 amide bonds. The Bertz CT molecular complexity index is 655. The summed E-state index contributed by atoms with van der Waals surface area (Å²) in [6.45, 7) is 6.18. The number of thioether (sulfide) groups is 1. The van der Waals surface area contributed by atoms with E-state index in [1.165, 1.54) is 18.9 Å². The summed E-state index contributed by atoms with van der Waals surface area (Å²) in [4.78, 5) is 34.8.